The summed E-state index contributed by atoms with van der Waals surface area (Å²) in [6.07, 6.45) is 1.15. The van der Waals surface area contributed by atoms with Gasteiger partial charge >= 0.3 is 0 Å². The van der Waals surface area contributed by atoms with Gasteiger partial charge in [-0.3, -0.25) is 4.79 Å². The van der Waals surface area contributed by atoms with Crippen LogP contribution in [0, 0.1) is 0 Å². The number of hydrogen-bond donors (Lipinski definition) is 1. The Morgan fingerprint density at radius 3 is 2.42 bits per heavy atom. The second-order valence-electron chi connectivity index (χ2n) is 8.65. The molecular formula is C23H29N3O4S. The monoisotopic (exact) mass is 443 g/mol. The lowest BCUT2D eigenvalue weighted by Gasteiger charge is -2.19. The normalized spacial score (nSPS) is 12.1. The number of benzene rings is 2. The number of ether oxygens (including phenoxy) is 1. The number of para-hydroxylation sites is 2. The standard InChI is InChI=1S/C23H29N3O4S/c1-23(2,3)17-9-11-18(12-10-17)30-14-13-24-22(27)15-26-20-8-6-5-7-19(20)25-21(26)16-31(4,28)29/h5-12H,13-16H2,1-4H3,(H,24,27). The average Bonchev–Trinajstić information content (AvgIpc) is 3.00. The van der Waals surface area contributed by atoms with Crippen LogP contribution in [0.4, 0.5) is 0 Å². The molecular weight excluding hydrogens is 414 g/mol. The zero-order chi connectivity index (χ0) is 22.6. The molecule has 0 bridgehead atoms. The van der Waals surface area contributed by atoms with E-state index in [1.807, 2.05) is 42.5 Å². The van der Waals surface area contributed by atoms with Crippen LogP contribution in [-0.4, -0.2) is 43.3 Å². The highest BCUT2D eigenvalue weighted by atomic mass is 32.2. The fraction of sp³-hybridized carbons (Fsp3) is 0.391. The largest absolute Gasteiger partial charge is 0.492 e. The van der Waals surface area contributed by atoms with E-state index < -0.39 is 9.84 Å². The van der Waals surface area contributed by atoms with Crippen molar-refractivity contribution < 1.29 is 17.9 Å². The minimum atomic E-state index is -3.28. The summed E-state index contributed by atoms with van der Waals surface area (Å²) in [5.41, 5.74) is 2.70. The van der Waals surface area contributed by atoms with E-state index in [-0.39, 0.29) is 23.6 Å². The van der Waals surface area contributed by atoms with Crippen LogP contribution in [0.2, 0.25) is 0 Å². The quantitative estimate of drug-likeness (QED) is 0.541. The number of imidazole rings is 1. The Kier molecular flexibility index (Phi) is 6.69. The van der Waals surface area contributed by atoms with Crippen molar-refractivity contribution in [2.45, 2.75) is 38.5 Å². The third-order valence-corrected chi connectivity index (χ3v) is 5.62. The maximum atomic E-state index is 12.5. The summed E-state index contributed by atoms with van der Waals surface area (Å²) in [7, 11) is -3.28. The Bertz CT molecular complexity index is 1160. The molecule has 0 aliphatic rings. The molecule has 0 radical (unpaired) electrons. The molecule has 3 rings (SSSR count). The van der Waals surface area contributed by atoms with Gasteiger partial charge in [0.05, 0.1) is 17.6 Å². The number of carbonyl (C=O) groups is 1. The number of amides is 1. The summed E-state index contributed by atoms with van der Waals surface area (Å²) in [5, 5.41) is 2.82. The highest BCUT2D eigenvalue weighted by molar-refractivity contribution is 7.89. The maximum absolute atomic E-state index is 12.5. The topological polar surface area (TPSA) is 90.3 Å². The fourth-order valence-corrected chi connectivity index (χ4v) is 3.95. The Hall–Kier alpha value is -2.87. The molecule has 2 aromatic carbocycles. The van der Waals surface area contributed by atoms with Crippen LogP contribution < -0.4 is 10.1 Å². The van der Waals surface area contributed by atoms with Crippen LogP contribution in [-0.2, 0) is 32.3 Å². The van der Waals surface area contributed by atoms with Gasteiger partial charge in [0.25, 0.3) is 0 Å². The molecule has 0 aliphatic heterocycles. The highest BCUT2D eigenvalue weighted by Crippen LogP contribution is 2.24. The van der Waals surface area contributed by atoms with Crippen LogP contribution in [0.15, 0.2) is 48.5 Å². The van der Waals surface area contributed by atoms with E-state index in [9.17, 15) is 13.2 Å². The summed E-state index contributed by atoms with van der Waals surface area (Å²) in [6.45, 7) is 7.14. The number of rotatable bonds is 8. The van der Waals surface area contributed by atoms with Gasteiger partial charge in [0, 0.05) is 6.26 Å². The molecule has 1 amide bonds. The predicted octanol–water partition coefficient (Wildman–Crippen LogP) is 3.07. The first-order valence-corrected chi connectivity index (χ1v) is 12.2. The SMILES string of the molecule is CC(C)(C)c1ccc(OCCNC(=O)Cn2c(CS(C)(=O)=O)nc3ccccc32)cc1. The zero-order valence-corrected chi connectivity index (χ0v) is 19.2. The number of fused-ring (bicyclic) bond motifs is 1. The summed E-state index contributed by atoms with van der Waals surface area (Å²) in [4.78, 5) is 16.9. The van der Waals surface area contributed by atoms with Gasteiger partial charge in [-0.25, -0.2) is 13.4 Å². The van der Waals surface area contributed by atoms with Crippen molar-refractivity contribution in [3.8, 4) is 5.75 Å². The molecule has 0 unspecified atom stereocenters. The smallest absolute Gasteiger partial charge is 0.240 e. The van der Waals surface area contributed by atoms with Gasteiger partial charge in [-0.2, -0.15) is 0 Å². The van der Waals surface area contributed by atoms with E-state index in [1.165, 1.54) is 5.56 Å². The number of sulfone groups is 1. The van der Waals surface area contributed by atoms with Crippen molar-refractivity contribution in [3.63, 3.8) is 0 Å². The van der Waals surface area contributed by atoms with Gasteiger partial charge in [-0.05, 0) is 35.2 Å². The van der Waals surface area contributed by atoms with Gasteiger partial charge in [-0.1, -0.05) is 45.0 Å². The molecule has 3 aromatic rings. The second-order valence-corrected chi connectivity index (χ2v) is 10.8. The highest BCUT2D eigenvalue weighted by Gasteiger charge is 2.17. The molecule has 31 heavy (non-hydrogen) atoms. The first-order chi connectivity index (χ1) is 14.5. The van der Waals surface area contributed by atoms with Gasteiger partial charge in [0.2, 0.25) is 5.91 Å². The lowest BCUT2D eigenvalue weighted by molar-refractivity contribution is -0.121. The molecule has 0 spiro atoms. The molecule has 1 aromatic heterocycles. The zero-order valence-electron chi connectivity index (χ0n) is 18.4. The molecule has 1 heterocycles. The average molecular weight is 444 g/mol. The van der Waals surface area contributed by atoms with Crippen molar-refractivity contribution in [2.24, 2.45) is 0 Å². The molecule has 8 heteroatoms. The van der Waals surface area contributed by atoms with Gasteiger partial charge in [-0.15, -0.1) is 0 Å². The number of hydrogen-bond acceptors (Lipinski definition) is 5. The van der Waals surface area contributed by atoms with E-state index in [0.29, 0.717) is 24.5 Å². The van der Waals surface area contributed by atoms with Crippen molar-refractivity contribution in [3.05, 3.63) is 59.9 Å². The minimum absolute atomic E-state index is 0.00829. The van der Waals surface area contributed by atoms with E-state index >= 15 is 0 Å². The number of carbonyl (C=O) groups excluding carboxylic acids is 1. The first-order valence-electron chi connectivity index (χ1n) is 10.1. The van der Waals surface area contributed by atoms with Crippen LogP contribution in [0.1, 0.15) is 32.2 Å². The van der Waals surface area contributed by atoms with Crippen molar-refractivity contribution in [2.75, 3.05) is 19.4 Å². The van der Waals surface area contributed by atoms with Crippen LogP contribution in [0.5, 0.6) is 5.75 Å². The van der Waals surface area contributed by atoms with Crippen LogP contribution >= 0.6 is 0 Å². The van der Waals surface area contributed by atoms with E-state index in [1.54, 1.807) is 10.6 Å². The van der Waals surface area contributed by atoms with E-state index in [2.05, 4.69) is 31.1 Å². The summed E-state index contributed by atoms with van der Waals surface area (Å²) in [5.74, 6) is 0.653. The molecule has 166 valence electrons. The number of nitrogens with zero attached hydrogens (tertiary/aromatic N) is 2. The Morgan fingerprint density at radius 1 is 1.10 bits per heavy atom. The summed E-state index contributed by atoms with van der Waals surface area (Å²) < 4.78 is 30.9. The first kappa shape index (κ1) is 22.8. The van der Waals surface area contributed by atoms with E-state index in [0.717, 1.165) is 17.5 Å². The van der Waals surface area contributed by atoms with Crippen LogP contribution in [0.25, 0.3) is 11.0 Å². The Morgan fingerprint density at radius 2 is 1.77 bits per heavy atom. The summed E-state index contributed by atoms with van der Waals surface area (Å²) >= 11 is 0. The third-order valence-electron chi connectivity index (χ3n) is 4.84. The number of aromatic nitrogens is 2. The van der Waals surface area contributed by atoms with Gasteiger partial charge < -0.3 is 14.6 Å². The maximum Gasteiger partial charge on any atom is 0.240 e. The van der Waals surface area contributed by atoms with Gasteiger partial charge in [0.15, 0.2) is 9.84 Å². The molecule has 1 N–H and O–H groups in total. The molecule has 7 nitrogen and oxygen atoms in total. The van der Waals surface area contributed by atoms with Crippen molar-refractivity contribution in [1.82, 2.24) is 14.9 Å². The molecule has 0 atom stereocenters. The van der Waals surface area contributed by atoms with Gasteiger partial charge in [0.1, 0.15) is 30.5 Å². The predicted molar refractivity (Wildman–Crippen MR) is 122 cm³/mol. The second kappa shape index (κ2) is 9.09. The molecule has 0 saturated carbocycles. The number of nitrogens with one attached hydrogen (secondary N) is 1. The Balaban J connectivity index is 1.57. The minimum Gasteiger partial charge on any atom is -0.492 e. The molecule has 0 saturated heterocycles. The van der Waals surface area contributed by atoms with E-state index in [4.69, 9.17) is 4.74 Å². The van der Waals surface area contributed by atoms with Crippen LogP contribution in [0.3, 0.4) is 0 Å². The lowest BCUT2D eigenvalue weighted by atomic mass is 9.87. The summed E-state index contributed by atoms with van der Waals surface area (Å²) in [6, 6.07) is 15.2. The lowest BCUT2D eigenvalue weighted by Crippen LogP contribution is -2.31. The Labute approximate surface area is 183 Å². The van der Waals surface area contributed by atoms with Crippen molar-refractivity contribution in [1.29, 1.82) is 0 Å². The third kappa shape index (κ3) is 6.30. The fourth-order valence-electron chi connectivity index (χ4n) is 3.26. The molecule has 0 fully saturated rings. The molecule has 0 aliphatic carbocycles. The van der Waals surface area contributed by atoms with Crippen molar-refractivity contribution >= 4 is 26.8 Å².